The molecular weight excluding hydrogens is 274 g/mol. The Hall–Kier alpha value is -1.39. The number of halogens is 1. The third kappa shape index (κ3) is 2.45. The highest BCUT2D eigenvalue weighted by molar-refractivity contribution is 6.16. The maximum Gasteiger partial charge on any atom is 0.261 e. The van der Waals surface area contributed by atoms with Gasteiger partial charge in [-0.1, -0.05) is 12.1 Å². The molecule has 0 aliphatic carbocycles. The number of alkyl halides is 1. The molecule has 0 radical (unpaired) electrons. The SMILES string of the molecule is CN1CCC(Cn2c(CCl)nc3ccccc3c2=O)C1. The summed E-state index contributed by atoms with van der Waals surface area (Å²) < 4.78 is 1.76. The molecule has 1 fully saturated rings. The van der Waals surface area contributed by atoms with Gasteiger partial charge in [0.1, 0.15) is 5.82 Å². The van der Waals surface area contributed by atoms with Crippen LogP contribution in [-0.4, -0.2) is 34.6 Å². The van der Waals surface area contributed by atoms with Crippen molar-refractivity contribution >= 4 is 22.5 Å². The van der Waals surface area contributed by atoms with Gasteiger partial charge in [0, 0.05) is 13.1 Å². The Morgan fingerprint density at radius 1 is 1.40 bits per heavy atom. The number of likely N-dealkylation sites (tertiary alicyclic amines) is 1. The first-order valence-corrected chi connectivity index (χ1v) is 7.45. The van der Waals surface area contributed by atoms with Gasteiger partial charge in [-0.25, -0.2) is 4.98 Å². The molecule has 106 valence electrons. The summed E-state index contributed by atoms with van der Waals surface area (Å²) in [4.78, 5) is 19.5. The van der Waals surface area contributed by atoms with Gasteiger partial charge in [0.05, 0.1) is 16.8 Å². The fourth-order valence-electron chi connectivity index (χ4n) is 2.94. The minimum absolute atomic E-state index is 0.0285. The van der Waals surface area contributed by atoms with Crippen molar-refractivity contribution in [3.63, 3.8) is 0 Å². The molecule has 1 aromatic heterocycles. The van der Waals surface area contributed by atoms with Gasteiger partial charge in [-0.2, -0.15) is 0 Å². The Balaban J connectivity index is 2.04. The molecule has 0 N–H and O–H groups in total. The fourth-order valence-corrected chi connectivity index (χ4v) is 3.14. The molecule has 2 aromatic rings. The van der Waals surface area contributed by atoms with Gasteiger partial charge >= 0.3 is 0 Å². The van der Waals surface area contributed by atoms with E-state index in [-0.39, 0.29) is 11.4 Å². The van der Waals surface area contributed by atoms with Crippen LogP contribution in [-0.2, 0) is 12.4 Å². The molecule has 4 nitrogen and oxygen atoms in total. The van der Waals surface area contributed by atoms with E-state index in [1.807, 2.05) is 24.3 Å². The summed E-state index contributed by atoms with van der Waals surface area (Å²) in [6, 6.07) is 7.46. The highest BCUT2D eigenvalue weighted by atomic mass is 35.5. The lowest BCUT2D eigenvalue weighted by atomic mass is 10.1. The van der Waals surface area contributed by atoms with Crippen molar-refractivity contribution in [1.29, 1.82) is 0 Å². The van der Waals surface area contributed by atoms with Crippen LogP contribution < -0.4 is 5.56 Å². The summed E-state index contributed by atoms with van der Waals surface area (Å²) in [6.07, 6.45) is 1.12. The van der Waals surface area contributed by atoms with E-state index in [1.165, 1.54) is 0 Å². The van der Waals surface area contributed by atoms with Crippen molar-refractivity contribution in [3.05, 3.63) is 40.4 Å². The molecule has 1 aromatic carbocycles. The molecule has 3 rings (SSSR count). The highest BCUT2D eigenvalue weighted by Gasteiger charge is 2.22. The van der Waals surface area contributed by atoms with Crippen LogP contribution in [0.5, 0.6) is 0 Å². The number of rotatable bonds is 3. The number of fused-ring (bicyclic) bond motifs is 1. The molecule has 1 atom stereocenters. The van der Waals surface area contributed by atoms with Crippen LogP contribution in [0, 0.1) is 5.92 Å². The van der Waals surface area contributed by atoms with E-state index < -0.39 is 0 Å². The summed E-state index contributed by atoms with van der Waals surface area (Å²) in [5.74, 6) is 1.44. The van der Waals surface area contributed by atoms with E-state index in [0.717, 1.165) is 25.0 Å². The van der Waals surface area contributed by atoms with Gasteiger partial charge in [0.2, 0.25) is 0 Å². The molecule has 1 aliphatic rings. The maximum atomic E-state index is 12.6. The Morgan fingerprint density at radius 3 is 2.90 bits per heavy atom. The van der Waals surface area contributed by atoms with Gasteiger partial charge in [-0.05, 0) is 38.1 Å². The number of benzene rings is 1. The number of hydrogen-bond acceptors (Lipinski definition) is 3. The third-order valence-electron chi connectivity index (χ3n) is 3.99. The van der Waals surface area contributed by atoms with Crippen LogP contribution in [0.3, 0.4) is 0 Å². The van der Waals surface area contributed by atoms with E-state index in [1.54, 1.807) is 4.57 Å². The lowest BCUT2D eigenvalue weighted by molar-refractivity contribution is 0.373. The summed E-state index contributed by atoms with van der Waals surface area (Å²) >= 11 is 5.99. The van der Waals surface area contributed by atoms with E-state index in [2.05, 4.69) is 16.9 Å². The summed E-state index contributed by atoms with van der Waals surface area (Å²) in [5, 5.41) is 0.674. The lowest BCUT2D eigenvalue weighted by Gasteiger charge is -2.16. The van der Waals surface area contributed by atoms with Gasteiger partial charge in [-0.3, -0.25) is 9.36 Å². The molecule has 5 heteroatoms. The van der Waals surface area contributed by atoms with E-state index in [9.17, 15) is 4.79 Å². The second-order valence-electron chi connectivity index (χ2n) is 5.51. The average Bonchev–Trinajstić information content (AvgIpc) is 2.87. The minimum atomic E-state index is 0.0285. The van der Waals surface area contributed by atoms with E-state index >= 15 is 0 Å². The second kappa shape index (κ2) is 5.54. The van der Waals surface area contributed by atoms with Gasteiger partial charge in [0.15, 0.2) is 0 Å². The van der Waals surface area contributed by atoms with Crippen LogP contribution in [0.1, 0.15) is 12.2 Å². The summed E-state index contributed by atoms with van der Waals surface area (Å²) in [7, 11) is 2.11. The van der Waals surface area contributed by atoms with Crippen LogP contribution in [0.2, 0.25) is 0 Å². The number of hydrogen-bond donors (Lipinski definition) is 0. The molecular formula is C15H18ClN3O. The zero-order valence-electron chi connectivity index (χ0n) is 11.6. The lowest BCUT2D eigenvalue weighted by Crippen LogP contribution is -2.29. The van der Waals surface area contributed by atoms with Crippen molar-refractivity contribution in [2.45, 2.75) is 18.8 Å². The summed E-state index contributed by atoms with van der Waals surface area (Å²) in [6.45, 7) is 2.83. The topological polar surface area (TPSA) is 38.1 Å². The Kier molecular flexibility index (Phi) is 3.76. The van der Waals surface area contributed by atoms with Crippen LogP contribution in [0.4, 0.5) is 0 Å². The maximum absolute atomic E-state index is 12.6. The quantitative estimate of drug-likeness (QED) is 0.813. The van der Waals surface area contributed by atoms with Crippen LogP contribution in [0.15, 0.2) is 29.1 Å². The average molecular weight is 292 g/mol. The number of para-hydroxylation sites is 1. The minimum Gasteiger partial charge on any atom is -0.306 e. The molecule has 1 saturated heterocycles. The fraction of sp³-hybridized carbons (Fsp3) is 0.467. The van der Waals surface area contributed by atoms with Crippen LogP contribution >= 0.6 is 11.6 Å². The predicted molar refractivity (Wildman–Crippen MR) is 81.2 cm³/mol. The standard InChI is InChI=1S/C15H18ClN3O/c1-18-7-6-11(9-18)10-19-14(8-16)17-13-5-3-2-4-12(13)15(19)20/h2-5,11H,6-10H2,1H3. The molecule has 1 unspecified atom stereocenters. The predicted octanol–water partition coefficient (Wildman–Crippen LogP) is 2.09. The van der Waals surface area contributed by atoms with Gasteiger partial charge in [0.25, 0.3) is 5.56 Å². The van der Waals surface area contributed by atoms with Crippen molar-refractivity contribution in [2.75, 3.05) is 20.1 Å². The first-order valence-electron chi connectivity index (χ1n) is 6.92. The van der Waals surface area contributed by atoms with Gasteiger partial charge < -0.3 is 4.90 Å². The molecule has 0 spiro atoms. The molecule has 20 heavy (non-hydrogen) atoms. The molecule has 0 amide bonds. The van der Waals surface area contributed by atoms with Crippen LogP contribution in [0.25, 0.3) is 10.9 Å². The van der Waals surface area contributed by atoms with E-state index in [4.69, 9.17) is 11.6 Å². The van der Waals surface area contributed by atoms with Crippen molar-refractivity contribution in [2.24, 2.45) is 5.92 Å². The van der Waals surface area contributed by atoms with Crippen molar-refractivity contribution in [3.8, 4) is 0 Å². The first kappa shape index (κ1) is 13.6. The van der Waals surface area contributed by atoms with Crippen molar-refractivity contribution < 1.29 is 0 Å². The Morgan fingerprint density at radius 2 is 2.20 bits per heavy atom. The zero-order valence-corrected chi connectivity index (χ0v) is 12.3. The second-order valence-corrected chi connectivity index (χ2v) is 5.78. The molecule has 1 aliphatic heterocycles. The van der Waals surface area contributed by atoms with Gasteiger partial charge in [-0.15, -0.1) is 11.6 Å². The molecule has 0 bridgehead atoms. The number of nitrogens with zero attached hydrogens (tertiary/aromatic N) is 3. The Bertz CT molecular complexity index is 682. The largest absolute Gasteiger partial charge is 0.306 e. The normalized spacial score (nSPS) is 19.8. The zero-order chi connectivity index (χ0) is 14.1. The molecule has 0 saturated carbocycles. The van der Waals surface area contributed by atoms with Crippen molar-refractivity contribution in [1.82, 2.24) is 14.5 Å². The smallest absolute Gasteiger partial charge is 0.261 e. The first-order chi connectivity index (χ1) is 9.69. The summed E-state index contributed by atoms with van der Waals surface area (Å²) in [5.41, 5.74) is 0.758. The van der Waals surface area contributed by atoms with E-state index in [0.29, 0.717) is 23.7 Å². The highest BCUT2D eigenvalue weighted by Crippen LogP contribution is 2.18. The third-order valence-corrected chi connectivity index (χ3v) is 4.23. The Labute approximate surface area is 123 Å². The number of aromatic nitrogens is 2. The molecule has 2 heterocycles. The monoisotopic (exact) mass is 291 g/mol.